The zero-order chi connectivity index (χ0) is 14.5. The molecule has 0 aromatic heterocycles. The van der Waals surface area contributed by atoms with Crippen molar-refractivity contribution in [2.75, 3.05) is 17.7 Å². The van der Waals surface area contributed by atoms with Gasteiger partial charge in [-0.2, -0.15) is 0 Å². The zero-order valence-corrected chi connectivity index (χ0v) is 11.4. The van der Waals surface area contributed by atoms with Crippen molar-refractivity contribution in [3.63, 3.8) is 0 Å². The number of halogens is 2. The molecular formula is C14H12F2N2OS. The molecule has 104 valence electrons. The fourth-order valence-electron chi connectivity index (χ4n) is 1.57. The molecule has 0 aliphatic carbocycles. The Morgan fingerprint density at radius 1 is 1.00 bits per heavy atom. The molecule has 0 heterocycles. The summed E-state index contributed by atoms with van der Waals surface area (Å²) in [6.07, 6.45) is 0. The number of benzene rings is 2. The van der Waals surface area contributed by atoms with Crippen LogP contribution in [0.15, 0.2) is 42.5 Å². The number of anilines is 2. The molecule has 2 N–H and O–H groups in total. The first-order chi connectivity index (χ1) is 9.58. The molecule has 6 heteroatoms. The molecular weight excluding hydrogens is 282 g/mol. The van der Waals surface area contributed by atoms with Crippen molar-refractivity contribution in [3.8, 4) is 5.75 Å². The quantitative estimate of drug-likeness (QED) is 0.844. The molecule has 0 saturated heterocycles. The molecule has 0 spiro atoms. The monoisotopic (exact) mass is 294 g/mol. The van der Waals surface area contributed by atoms with Gasteiger partial charge in [-0.3, -0.25) is 0 Å². The Morgan fingerprint density at radius 2 is 1.60 bits per heavy atom. The van der Waals surface area contributed by atoms with E-state index in [9.17, 15) is 8.78 Å². The molecule has 0 bridgehead atoms. The van der Waals surface area contributed by atoms with Crippen LogP contribution in [0.3, 0.4) is 0 Å². The Hall–Kier alpha value is -2.21. The largest absolute Gasteiger partial charge is 0.494 e. The number of methoxy groups -OCH3 is 1. The molecule has 0 aliphatic rings. The van der Waals surface area contributed by atoms with Gasteiger partial charge in [-0.1, -0.05) is 0 Å². The molecule has 2 aromatic rings. The maximum Gasteiger partial charge on any atom is 0.175 e. The average Bonchev–Trinajstić information content (AvgIpc) is 2.41. The van der Waals surface area contributed by atoms with Crippen LogP contribution in [0.4, 0.5) is 20.2 Å². The molecule has 0 amide bonds. The van der Waals surface area contributed by atoms with Crippen LogP contribution < -0.4 is 15.4 Å². The van der Waals surface area contributed by atoms with Crippen molar-refractivity contribution in [2.45, 2.75) is 0 Å². The molecule has 0 aliphatic heterocycles. The summed E-state index contributed by atoms with van der Waals surface area (Å²) in [5.41, 5.74) is 1.13. The highest BCUT2D eigenvalue weighted by atomic mass is 32.1. The van der Waals surface area contributed by atoms with E-state index in [0.717, 1.165) is 0 Å². The Morgan fingerprint density at radius 3 is 2.20 bits per heavy atom. The number of hydrogen-bond donors (Lipinski definition) is 2. The standard InChI is InChI=1S/C14H12F2N2OS/c1-19-13-7-6-11(8-12(13)16)18-14(20)17-10-4-2-9(15)3-5-10/h2-8H,1H3,(H2,17,18,20). The fourth-order valence-corrected chi connectivity index (χ4v) is 1.81. The van der Waals surface area contributed by atoms with E-state index in [1.54, 1.807) is 18.2 Å². The third-order valence-electron chi connectivity index (χ3n) is 2.51. The lowest BCUT2D eigenvalue weighted by Crippen LogP contribution is -2.19. The van der Waals surface area contributed by atoms with Crippen LogP contribution in [-0.4, -0.2) is 12.2 Å². The lowest BCUT2D eigenvalue weighted by molar-refractivity contribution is 0.387. The maximum atomic E-state index is 13.5. The first-order valence-electron chi connectivity index (χ1n) is 5.75. The fraction of sp³-hybridized carbons (Fsp3) is 0.0714. The van der Waals surface area contributed by atoms with Gasteiger partial charge in [-0.25, -0.2) is 8.78 Å². The lowest BCUT2D eigenvalue weighted by Gasteiger charge is -2.11. The van der Waals surface area contributed by atoms with Crippen LogP contribution in [0, 0.1) is 11.6 Å². The van der Waals surface area contributed by atoms with Gasteiger partial charge in [0.1, 0.15) is 5.82 Å². The van der Waals surface area contributed by atoms with Gasteiger partial charge in [-0.15, -0.1) is 0 Å². The molecule has 0 radical (unpaired) electrons. The summed E-state index contributed by atoms with van der Waals surface area (Å²) in [6, 6.07) is 10.2. The van der Waals surface area contributed by atoms with Gasteiger partial charge in [0.2, 0.25) is 0 Å². The van der Waals surface area contributed by atoms with Crippen LogP contribution in [0.5, 0.6) is 5.75 Å². The zero-order valence-electron chi connectivity index (χ0n) is 10.6. The van der Waals surface area contributed by atoms with E-state index in [1.165, 1.54) is 31.4 Å². The molecule has 20 heavy (non-hydrogen) atoms. The lowest BCUT2D eigenvalue weighted by atomic mass is 10.3. The molecule has 0 fully saturated rings. The van der Waals surface area contributed by atoms with Crippen LogP contribution >= 0.6 is 12.2 Å². The summed E-state index contributed by atoms with van der Waals surface area (Å²) in [5, 5.41) is 5.97. The molecule has 2 aromatic carbocycles. The van der Waals surface area contributed by atoms with Gasteiger partial charge in [0, 0.05) is 17.4 Å². The molecule has 2 rings (SSSR count). The Kier molecular flexibility index (Phi) is 4.47. The van der Waals surface area contributed by atoms with E-state index < -0.39 is 5.82 Å². The van der Waals surface area contributed by atoms with Gasteiger partial charge < -0.3 is 15.4 Å². The van der Waals surface area contributed by atoms with E-state index in [2.05, 4.69) is 10.6 Å². The van der Waals surface area contributed by atoms with E-state index in [4.69, 9.17) is 17.0 Å². The van der Waals surface area contributed by atoms with E-state index in [0.29, 0.717) is 11.4 Å². The van der Waals surface area contributed by atoms with E-state index >= 15 is 0 Å². The van der Waals surface area contributed by atoms with Gasteiger partial charge in [-0.05, 0) is 48.6 Å². The summed E-state index contributed by atoms with van der Waals surface area (Å²) in [5.74, 6) is -0.651. The van der Waals surface area contributed by atoms with Gasteiger partial charge in [0.15, 0.2) is 16.7 Å². The minimum absolute atomic E-state index is 0.160. The Balaban J connectivity index is 2.01. The molecule has 3 nitrogen and oxygen atoms in total. The van der Waals surface area contributed by atoms with Gasteiger partial charge in [0.25, 0.3) is 0 Å². The highest BCUT2D eigenvalue weighted by molar-refractivity contribution is 7.80. The van der Waals surface area contributed by atoms with Crippen molar-refractivity contribution in [3.05, 3.63) is 54.1 Å². The molecule has 0 unspecified atom stereocenters. The van der Waals surface area contributed by atoms with Crippen LogP contribution in [0.25, 0.3) is 0 Å². The summed E-state index contributed by atoms with van der Waals surface area (Å²) >= 11 is 5.09. The topological polar surface area (TPSA) is 33.3 Å². The Labute approximate surface area is 120 Å². The van der Waals surface area contributed by atoms with Gasteiger partial charge in [0.05, 0.1) is 7.11 Å². The molecule has 0 saturated carbocycles. The molecule has 0 atom stereocenters. The maximum absolute atomic E-state index is 13.5. The normalized spacial score (nSPS) is 9.95. The smallest absolute Gasteiger partial charge is 0.175 e. The summed E-state index contributed by atoms with van der Waals surface area (Å²) in [4.78, 5) is 0. The summed E-state index contributed by atoms with van der Waals surface area (Å²) < 4.78 is 31.1. The predicted octanol–water partition coefficient (Wildman–Crippen LogP) is 3.78. The van der Waals surface area contributed by atoms with Crippen molar-refractivity contribution in [2.24, 2.45) is 0 Å². The minimum atomic E-state index is -0.484. The second-order valence-corrected chi connectivity index (χ2v) is 4.34. The number of ether oxygens (including phenoxy) is 1. The summed E-state index contributed by atoms with van der Waals surface area (Å²) in [6.45, 7) is 0. The number of hydrogen-bond acceptors (Lipinski definition) is 2. The van der Waals surface area contributed by atoms with Crippen molar-refractivity contribution in [1.82, 2.24) is 0 Å². The third-order valence-corrected chi connectivity index (χ3v) is 2.72. The number of rotatable bonds is 3. The SMILES string of the molecule is COc1ccc(NC(=S)Nc2ccc(F)cc2)cc1F. The average molecular weight is 294 g/mol. The second-order valence-electron chi connectivity index (χ2n) is 3.94. The summed E-state index contributed by atoms with van der Waals surface area (Å²) in [7, 11) is 1.40. The van der Waals surface area contributed by atoms with Gasteiger partial charge >= 0.3 is 0 Å². The predicted molar refractivity (Wildman–Crippen MR) is 79.2 cm³/mol. The van der Waals surface area contributed by atoms with Crippen LogP contribution in [-0.2, 0) is 0 Å². The van der Waals surface area contributed by atoms with E-state index in [1.807, 2.05) is 0 Å². The van der Waals surface area contributed by atoms with Crippen LogP contribution in [0.2, 0.25) is 0 Å². The minimum Gasteiger partial charge on any atom is -0.494 e. The van der Waals surface area contributed by atoms with Crippen molar-refractivity contribution < 1.29 is 13.5 Å². The number of nitrogens with one attached hydrogen (secondary N) is 2. The second kappa shape index (κ2) is 6.29. The van der Waals surface area contributed by atoms with E-state index in [-0.39, 0.29) is 16.7 Å². The van der Waals surface area contributed by atoms with Crippen molar-refractivity contribution in [1.29, 1.82) is 0 Å². The first-order valence-corrected chi connectivity index (χ1v) is 6.16. The first kappa shape index (κ1) is 14.2. The highest BCUT2D eigenvalue weighted by Crippen LogP contribution is 2.20. The van der Waals surface area contributed by atoms with Crippen molar-refractivity contribution >= 4 is 28.7 Å². The number of thiocarbonyl (C=S) groups is 1. The highest BCUT2D eigenvalue weighted by Gasteiger charge is 2.05. The van der Waals surface area contributed by atoms with Crippen LogP contribution in [0.1, 0.15) is 0 Å². The Bertz CT molecular complexity index is 617. The third kappa shape index (κ3) is 3.64.